The van der Waals surface area contributed by atoms with E-state index in [-0.39, 0.29) is 18.4 Å². The summed E-state index contributed by atoms with van der Waals surface area (Å²) in [6, 6.07) is 1.54. The van der Waals surface area contributed by atoms with Crippen LogP contribution < -0.4 is 5.73 Å². The summed E-state index contributed by atoms with van der Waals surface area (Å²) in [5.74, 6) is 0.193. The number of carbonyl (C=O) groups excluding carboxylic acids is 1. The van der Waals surface area contributed by atoms with Crippen LogP contribution in [0.2, 0.25) is 0 Å². The quantitative estimate of drug-likeness (QED) is 0.841. The lowest BCUT2D eigenvalue weighted by Gasteiger charge is -2.22. The molecular weight excluding hydrogens is 292 g/mol. The van der Waals surface area contributed by atoms with Gasteiger partial charge in [-0.1, -0.05) is 0 Å². The van der Waals surface area contributed by atoms with E-state index in [0.717, 1.165) is 18.5 Å². The minimum Gasteiger partial charge on any atom is -0.370 e. The summed E-state index contributed by atoms with van der Waals surface area (Å²) in [6.45, 7) is 2.28. The molecule has 8 heteroatoms. The Kier molecular flexibility index (Phi) is 4.58. The Balaban J connectivity index is 2.28. The highest BCUT2D eigenvalue weighted by atomic mass is 32.2. The van der Waals surface area contributed by atoms with Crippen molar-refractivity contribution in [3.8, 4) is 0 Å². The van der Waals surface area contributed by atoms with E-state index in [4.69, 9.17) is 5.73 Å². The average molecular weight is 312 g/mol. The molecule has 1 amide bonds. The fraction of sp³-hybridized carbons (Fsp3) is 0.615. The molecule has 7 nitrogen and oxygen atoms in total. The van der Waals surface area contributed by atoms with Crippen molar-refractivity contribution in [3.63, 3.8) is 0 Å². The van der Waals surface area contributed by atoms with E-state index < -0.39 is 10.0 Å². The van der Waals surface area contributed by atoms with E-state index in [9.17, 15) is 13.2 Å². The maximum Gasteiger partial charge on any atom is 0.217 e. The van der Waals surface area contributed by atoms with Gasteiger partial charge >= 0.3 is 0 Å². The molecular formula is C13H20N4O3S. The van der Waals surface area contributed by atoms with Crippen LogP contribution in [-0.4, -0.2) is 41.4 Å². The normalized spacial score (nSPS) is 19.8. The number of aryl methyl sites for hydroxylation is 2. The summed E-state index contributed by atoms with van der Waals surface area (Å²) in [7, 11) is -3.25. The first kappa shape index (κ1) is 15.8. The molecule has 1 aliphatic rings. The predicted octanol–water partition coefficient (Wildman–Crippen LogP) is 0.299. The molecule has 0 spiro atoms. The van der Waals surface area contributed by atoms with Crippen LogP contribution in [0.15, 0.2) is 6.07 Å². The van der Waals surface area contributed by atoms with Crippen molar-refractivity contribution in [2.75, 3.05) is 12.8 Å². The zero-order valence-corrected chi connectivity index (χ0v) is 13.1. The number of aromatic nitrogens is 2. The second-order valence-corrected chi connectivity index (χ2v) is 7.26. The van der Waals surface area contributed by atoms with E-state index >= 15 is 0 Å². The van der Waals surface area contributed by atoms with Gasteiger partial charge in [0.2, 0.25) is 15.9 Å². The topological polar surface area (TPSA) is 106 Å². The van der Waals surface area contributed by atoms with Crippen LogP contribution in [0.25, 0.3) is 0 Å². The van der Waals surface area contributed by atoms with Crippen molar-refractivity contribution in [1.29, 1.82) is 0 Å². The monoisotopic (exact) mass is 312 g/mol. The predicted molar refractivity (Wildman–Crippen MR) is 77.8 cm³/mol. The van der Waals surface area contributed by atoms with Crippen LogP contribution >= 0.6 is 0 Å². The van der Waals surface area contributed by atoms with Crippen LogP contribution in [0.5, 0.6) is 0 Å². The standard InChI is InChI=1S/C13H20N4O3S/c1-9-15-10(5-6-13(14)18)8-11(16-9)12-4-3-7-17(12)21(2,19)20/h8,12H,3-7H2,1-2H3,(H2,14,18)/t12-/m0/s1. The van der Waals surface area contributed by atoms with Crippen molar-refractivity contribution >= 4 is 15.9 Å². The highest BCUT2D eigenvalue weighted by Gasteiger charge is 2.33. The summed E-state index contributed by atoms with van der Waals surface area (Å²) < 4.78 is 25.1. The molecule has 2 N–H and O–H groups in total. The molecule has 1 atom stereocenters. The van der Waals surface area contributed by atoms with Gasteiger partial charge in [-0.3, -0.25) is 4.79 Å². The van der Waals surface area contributed by atoms with E-state index in [1.807, 2.05) is 0 Å². The molecule has 0 radical (unpaired) electrons. The molecule has 0 aromatic carbocycles. The number of primary amides is 1. The molecule has 1 saturated heterocycles. The zero-order valence-electron chi connectivity index (χ0n) is 12.2. The lowest BCUT2D eigenvalue weighted by molar-refractivity contribution is -0.118. The lowest BCUT2D eigenvalue weighted by atomic mass is 10.1. The van der Waals surface area contributed by atoms with Crippen molar-refractivity contribution in [2.24, 2.45) is 5.73 Å². The van der Waals surface area contributed by atoms with Gasteiger partial charge in [0.25, 0.3) is 0 Å². The number of nitrogens with zero attached hydrogens (tertiary/aromatic N) is 3. The fourth-order valence-electron chi connectivity index (χ4n) is 2.64. The zero-order chi connectivity index (χ0) is 15.6. The molecule has 0 bridgehead atoms. The van der Waals surface area contributed by atoms with Gasteiger partial charge in [-0.15, -0.1) is 0 Å². The number of hydrogen-bond donors (Lipinski definition) is 1. The second-order valence-electron chi connectivity index (χ2n) is 5.33. The second kappa shape index (κ2) is 6.07. The third-order valence-electron chi connectivity index (χ3n) is 3.51. The van der Waals surface area contributed by atoms with Crippen molar-refractivity contribution in [1.82, 2.24) is 14.3 Å². The summed E-state index contributed by atoms with van der Waals surface area (Å²) in [4.78, 5) is 19.5. The molecule has 21 heavy (non-hydrogen) atoms. The van der Waals surface area contributed by atoms with Gasteiger partial charge < -0.3 is 5.73 Å². The van der Waals surface area contributed by atoms with Crippen molar-refractivity contribution in [2.45, 2.75) is 38.6 Å². The molecule has 1 aromatic rings. The number of sulfonamides is 1. The maximum absolute atomic E-state index is 11.8. The third-order valence-corrected chi connectivity index (χ3v) is 4.80. The number of hydrogen-bond acceptors (Lipinski definition) is 5. The van der Waals surface area contributed by atoms with E-state index in [1.54, 1.807) is 13.0 Å². The Bertz CT molecular complexity index is 645. The van der Waals surface area contributed by atoms with Gasteiger partial charge in [0.1, 0.15) is 5.82 Å². The molecule has 1 fully saturated rings. The molecule has 1 aliphatic heterocycles. The first-order chi connectivity index (χ1) is 9.77. The van der Waals surface area contributed by atoms with Gasteiger partial charge in [-0.2, -0.15) is 4.31 Å². The molecule has 2 rings (SSSR count). The summed E-state index contributed by atoms with van der Waals surface area (Å²) in [5.41, 5.74) is 6.57. The van der Waals surface area contributed by atoms with E-state index in [1.165, 1.54) is 10.6 Å². The van der Waals surface area contributed by atoms with E-state index in [2.05, 4.69) is 9.97 Å². The molecule has 1 aromatic heterocycles. The van der Waals surface area contributed by atoms with Crippen molar-refractivity contribution < 1.29 is 13.2 Å². The Hall–Kier alpha value is -1.54. The number of nitrogens with two attached hydrogens (primary N) is 1. The SMILES string of the molecule is Cc1nc(CCC(N)=O)cc([C@@H]2CCCN2S(C)(=O)=O)n1. The number of rotatable bonds is 5. The minimum absolute atomic E-state index is 0.219. The Morgan fingerprint density at radius 3 is 2.81 bits per heavy atom. The van der Waals surface area contributed by atoms with Crippen LogP contribution in [0.1, 0.15) is 42.5 Å². The van der Waals surface area contributed by atoms with Crippen LogP contribution in [0.3, 0.4) is 0 Å². The van der Waals surface area contributed by atoms with Gasteiger partial charge in [0.05, 0.1) is 18.0 Å². The average Bonchev–Trinajstić information content (AvgIpc) is 2.84. The van der Waals surface area contributed by atoms with Gasteiger partial charge in [0, 0.05) is 18.7 Å². The molecule has 0 saturated carbocycles. The highest BCUT2D eigenvalue weighted by molar-refractivity contribution is 7.88. The Morgan fingerprint density at radius 2 is 2.19 bits per heavy atom. The Labute approximate surface area is 124 Å². The first-order valence-electron chi connectivity index (χ1n) is 6.87. The molecule has 0 unspecified atom stereocenters. The molecule has 2 heterocycles. The third kappa shape index (κ3) is 3.98. The lowest BCUT2D eigenvalue weighted by Crippen LogP contribution is -2.30. The highest BCUT2D eigenvalue weighted by Crippen LogP contribution is 2.33. The Morgan fingerprint density at radius 1 is 1.48 bits per heavy atom. The summed E-state index contributed by atoms with van der Waals surface area (Å²) >= 11 is 0. The van der Waals surface area contributed by atoms with Crippen LogP contribution in [0.4, 0.5) is 0 Å². The summed E-state index contributed by atoms with van der Waals surface area (Å²) in [6.07, 6.45) is 3.44. The van der Waals surface area contributed by atoms with Crippen LogP contribution in [0, 0.1) is 6.92 Å². The fourth-order valence-corrected chi connectivity index (χ4v) is 3.77. The van der Waals surface area contributed by atoms with Gasteiger partial charge in [0.15, 0.2) is 0 Å². The molecule has 0 aliphatic carbocycles. The molecule has 116 valence electrons. The maximum atomic E-state index is 11.8. The minimum atomic E-state index is -3.25. The van der Waals surface area contributed by atoms with Crippen molar-refractivity contribution in [3.05, 3.63) is 23.3 Å². The number of amides is 1. The van der Waals surface area contributed by atoms with Crippen LogP contribution in [-0.2, 0) is 21.2 Å². The van der Waals surface area contributed by atoms with E-state index in [0.29, 0.717) is 24.5 Å². The smallest absolute Gasteiger partial charge is 0.217 e. The summed E-state index contributed by atoms with van der Waals surface area (Å²) in [5, 5.41) is 0. The van der Waals surface area contributed by atoms with Gasteiger partial charge in [-0.25, -0.2) is 18.4 Å². The first-order valence-corrected chi connectivity index (χ1v) is 8.72. The number of carbonyl (C=O) groups is 1. The van der Waals surface area contributed by atoms with Gasteiger partial charge in [-0.05, 0) is 32.3 Å². The largest absolute Gasteiger partial charge is 0.370 e.